The van der Waals surface area contributed by atoms with Crippen LogP contribution in [0.15, 0.2) is 16.9 Å². The minimum absolute atomic E-state index is 0.0695. The molecule has 130 valence electrons. The lowest BCUT2D eigenvalue weighted by Crippen LogP contribution is -2.51. The molecule has 0 radical (unpaired) electrons. The fourth-order valence-corrected chi connectivity index (χ4v) is 2.66. The van der Waals surface area contributed by atoms with Gasteiger partial charge in [0.1, 0.15) is 12.3 Å². The van der Waals surface area contributed by atoms with Crippen molar-refractivity contribution in [2.45, 2.75) is 45.6 Å². The Morgan fingerprint density at radius 2 is 2.21 bits per heavy atom. The van der Waals surface area contributed by atoms with Crippen molar-refractivity contribution < 1.29 is 18.8 Å². The van der Waals surface area contributed by atoms with Gasteiger partial charge in [-0.3, -0.25) is 4.79 Å². The number of ether oxygens (including phenoxy) is 2. The number of hydrogen-bond acceptors (Lipinski definition) is 7. The van der Waals surface area contributed by atoms with Crippen LogP contribution in [0.1, 0.15) is 23.4 Å². The first-order valence-electron chi connectivity index (χ1n) is 7.88. The van der Waals surface area contributed by atoms with E-state index < -0.39 is 0 Å². The van der Waals surface area contributed by atoms with Crippen molar-refractivity contribution in [2.75, 3.05) is 13.2 Å². The first-order valence-corrected chi connectivity index (χ1v) is 7.88. The second-order valence-corrected chi connectivity index (χ2v) is 5.75. The van der Waals surface area contributed by atoms with E-state index in [4.69, 9.17) is 14.0 Å². The summed E-state index contributed by atoms with van der Waals surface area (Å²) >= 11 is 0. The van der Waals surface area contributed by atoms with Crippen LogP contribution in [-0.4, -0.2) is 51.4 Å². The molecule has 0 saturated carbocycles. The summed E-state index contributed by atoms with van der Waals surface area (Å²) in [6, 6.07) is -0.206. The molecule has 0 unspecified atom stereocenters. The predicted molar refractivity (Wildman–Crippen MR) is 81.9 cm³/mol. The maximum Gasteiger partial charge on any atom is 0.243 e. The highest BCUT2D eigenvalue weighted by atomic mass is 16.5. The molecule has 0 aromatic carbocycles. The highest BCUT2D eigenvalue weighted by Gasteiger charge is 2.28. The van der Waals surface area contributed by atoms with Crippen molar-refractivity contribution >= 4 is 5.91 Å². The van der Waals surface area contributed by atoms with Gasteiger partial charge in [-0.05, 0) is 20.3 Å². The number of aromatic nitrogens is 4. The van der Waals surface area contributed by atoms with Crippen LogP contribution in [0.5, 0.6) is 0 Å². The summed E-state index contributed by atoms with van der Waals surface area (Å²) in [7, 11) is 0. The topological polar surface area (TPSA) is 104 Å². The van der Waals surface area contributed by atoms with Crippen LogP contribution >= 0.6 is 0 Å². The standard InChI is InChI=1S/C15H21N5O4/c1-10-12(11(2)24-19-10)8-23-14-3-6-22-9-13(14)18-15(21)7-20-16-4-5-17-20/h4-5,13-14H,3,6-9H2,1-2H3,(H,18,21)/t13-,14+/m0/s1. The van der Waals surface area contributed by atoms with E-state index in [-0.39, 0.29) is 24.6 Å². The van der Waals surface area contributed by atoms with E-state index in [9.17, 15) is 4.79 Å². The molecule has 0 bridgehead atoms. The quantitative estimate of drug-likeness (QED) is 0.813. The summed E-state index contributed by atoms with van der Waals surface area (Å²) in [5.41, 5.74) is 1.78. The second kappa shape index (κ2) is 7.54. The number of rotatable bonds is 6. The molecule has 2 aromatic heterocycles. The monoisotopic (exact) mass is 335 g/mol. The number of nitrogens with one attached hydrogen (secondary N) is 1. The number of carbonyl (C=O) groups excluding carboxylic acids is 1. The van der Waals surface area contributed by atoms with Crippen LogP contribution in [0.3, 0.4) is 0 Å². The number of nitrogens with zero attached hydrogens (tertiary/aromatic N) is 4. The molecule has 1 aliphatic rings. The van der Waals surface area contributed by atoms with Crippen molar-refractivity contribution in [1.82, 2.24) is 25.5 Å². The van der Waals surface area contributed by atoms with Gasteiger partial charge in [-0.25, -0.2) is 0 Å². The summed E-state index contributed by atoms with van der Waals surface area (Å²) in [6.07, 6.45) is 3.66. The van der Waals surface area contributed by atoms with Gasteiger partial charge in [0.2, 0.25) is 5.91 Å². The highest BCUT2D eigenvalue weighted by molar-refractivity contribution is 5.75. The van der Waals surface area contributed by atoms with Crippen molar-refractivity contribution in [1.29, 1.82) is 0 Å². The van der Waals surface area contributed by atoms with Crippen molar-refractivity contribution in [2.24, 2.45) is 0 Å². The van der Waals surface area contributed by atoms with Crippen molar-refractivity contribution in [3.63, 3.8) is 0 Å². The maximum absolute atomic E-state index is 12.1. The van der Waals surface area contributed by atoms with E-state index in [2.05, 4.69) is 20.7 Å². The third-order valence-electron chi connectivity index (χ3n) is 4.01. The molecule has 1 aliphatic heterocycles. The average Bonchev–Trinajstić information content (AvgIpc) is 3.17. The SMILES string of the molecule is Cc1noc(C)c1CO[C@@H]1CCOC[C@@H]1NC(=O)Cn1nccn1. The van der Waals surface area contributed by atoms with Gasteiger partial charge < -0.3 is 19.3 Å². The molecule has 3 heterocycles. The Morgan fingerprint density at radius 3 is 2.92 bits per heavy atom. The highest BCUT2D eigenvalue weighted by Crippen LogP contribution is 2.18. The Bertz CT molecular complexity index is 650. The Labute approximate surface area is 139 Å². The van der Waals surface area contributed by atoms with Crippen LogP contribution < -0.4 is 5.32 Å². The molecule has 3 rings (SSSR count). The fraction of sp³-hybridized carbons (Fsp3) is 0.600. The van der Waals surface area contributed by atoms with Crippen LogP contribution in [0.25, 0.3) is 0 Å². The molecular weight excluding hydrogens is 314 g/mol. The molecule has 0 spiro atoms. The third-order valence-corrected chi connectivity index (χ3v) is 4.01. The van der Waals surface area contributed by atoms with Crippen LogP contribution in [0.4, 0.5) is 0 Å². The Hall–Kier alpha value is -2.26. The fourth-order valence-electron chi connectivity index (χ4n) is 2.66. The van der Waals surface area contributed by atoms with Crippen LogP contribution in [0.2, 0.25) is 0 Å². The molecule has 24 heavy (non-hydrogen) atoms. The third kappa shape index (κ3) is 3.98. The van der Waals surface area contributed by atoms with Gasteiger partial charge in [0, 0.05) is 12.2 Å². The normalized spacial score (nSPS) is 20.9. The van der Waals surface area contributed by atoms with Gasteiger partial charge in [-0.15, -0.1) is 0 Å². The Kier molecular flexibility index (Phi) is 5.21. The largest absolute Gasteiger partial charge is 0.379 e. The lowest BCUT2D eigenvalue weighted by atomic mass is 10.1. The first-order chi connectivity index (χ1) is 11.6. The van der Waals surface area contributed by atoms with Gasteiger partial charge >= 0.3 is 0 Å². The zero-order valence-electron chi connectivity index (χ0n) is 13.8. The summed E-state index contributed by atoms with van der Waals surface area (Å²) in [5, 5.41) is 14.7. The Balaban J connectivity index is 1.56. The van der Waals surface area contributed by atoms with Gasteiger partial charge in [0.15, 0.2) is 0 Å². The number of hydrogen-bond donors (Lipinski definition) is 1. The molecule has 9 nitrogen and oxygen atoms in total. The van der Waals surface area contributed by atoms with E-state index in [0.29, 0.717) is 26.2 Å². The summed E-state index contributed by atoms with van der Waals surface area (Å²) in [5.74, 6) is 0.581. The van der Waals surface area contributed by atoms with Gasteiger partial charge in [0.05, 0.1) is 43.4 Å². The lowest BCUT2D eigenvalue weighted by Gasteiger charge is -2.32. The molecule has 2 aromatic rings. The van der Waals surface area contributed by atoms with Crippen LogP contribution in [-0.2, 0) is 27.4 Å². The average molecular weight is 335 g/mol. The van der Waals surface area contributed by atoms with Crippen molar-refractivity contribution in [3.8, 4) is 0 Å². The smallest absolute Gasteiger partial charge is 0.243 e. The molecule has 0 aliphatic carbocycles. The molecule has 1 amide bonds. The zero-order valence-corrected chi connectivity index (χ0v) is 13.8. The van der Waals surface area contributed by atoms with Gasteiger partial charge in [-0.2, -0.15) is 15.0 Å². The number of amides is 1. The molecule has 1 saturated heterocycles. The lowest BCUT2D eigenvalue weighted by molar-refractivity contribution is -0.127. The Morgan fingerprint density at radius 1 is 1.42 bits per heavy atom. The first kappa shape index (κ1) is 16.6. The van der Waals surface area contributed by atoms with E-state index >= 15 is 0 Å². The van der Waals surface area contributed by atoms with Gasteiger partial charge in [0.25, 0.3) is 0 Å². The maximum atomic E-state index is 12.1. The van der Waals surface area contributed by atoms with E-state index in [1.807, 2.05) is 13.8 Å². The molecular formula is C15H21N5O4. The van der Waals surface area contributed by atoms with Crippen LogP contribution in [0, 0.1) is 13.8 Å². The minimum Gasteiger partial charge on any atom is -0.379 e. The molecule has 1 N–H and O–H groups in total. The predicted octanol–water partition coefficient (Wildman–Crippen LogP) is 0.373. The van der Waals surface area contributed by atoms with Gasteiger partial charge in [-0.1, -0.05) is 5.16 Å². The second-order valence-electron chi connectivity index (χ2n) is 5.75. The molecule has 2 atom stereocenters. The summed E-state index contributed by atoms with van der Waals surface area (Å²) in [6.45, 7) is 5.25. The zero-order chi connectivity index (χ0) is 16.9. The number of carbonyl (C=O) groups is 1. The van der Waals surface area contributed by atoms with E-state index in [0.717, 1.165) is 17.0 Å². The van der Waals surface area contributed by atoms with E-state index in [1.165, 1.54) is 17.2 Å². The molecule has 9 heteroatoms. The molecule has 1 fully saturated rings. The summed E-state index contributed by atoms with van der Waals surface area (Å²) in [4.78, 5) is 13.4. The minimum atomic E-state index is -0.206. The van der Waals surface area contributed by atoms with E-state index in [1.54, 1.807) is 0 Å². The van der Waals surface area contributed by atoms with Crippen molar-refractivity contribution in [3.05, 3.63) is 29.4 Å². The summed E-state index contributed by atoms with van der Waals surface area (Å²) < 4.78 is 16.6. The number of aryl methyl sites for hydroxylation is 2.